The van der Waals surface area contributed by atoms with Crippen molar-refractivity contribution in [3.8, 4) is 5.75 Å². The van der Waals surface area contributed by atoms with Gasteiger partial charge in [-0.25, -0.2) is 0 Å². The summed E-state index contributed by atoms with van der Waals surface area (Å²) < 4.78 is 17.3. The first-order valence-electron chi connectivity index (χ1n) is 5.51. The first-order chi connectivity index (χ1) is 7.70. The Labute approximate surface area is 98.4 Å². The summed E-state index contributed by atoms with van der Waals surface area (Å²) in [5.74, 6) is 0.795. The van der Waals surface area contributed by atoms with Gasteiger partial charge < -0.3 is 10.5 Å². The van der Waals surface area contributed by atoms with E-state index in [4.69, 9.17) is 10.5 Å². The highest BCUT2D eigenvalue weighted by atomic mass is 32.2. The van der Waals surface area contributed by atoms with E-state index in [1.807, 2.05) is 24.3 Å². The molecular formula is C12H17NO2S. The minimum atomic E-state index is -0.925. The molecule has 4 heteroatoms. The van der Waals surface area contributed by atoms with Crippen LogP contribution in [0.25, 0.3) is 0 Å². The third-order valence-electron chi connectivity index (χ3n) is 3.02. The number of hydrogen-bond donors (Lipinski definition) is 1. The second-order valence-electron chi connectivity index (χ2n) is 4.17. The molecule has 0 saturated heterocycles. The number of hydrogen-bond acceptors (Lipinski definition) is 3. The van der Waals surface area contributed by atoms with Crippen LogP contribution in [0.2, 0.25) is 0 Å². The summed E-state index contributed by atoms with van der Waals surface area (Å²) in [4.78, 5) is 0.875. The van der Waals surface area contributed by atoms with Gasteiger partial charge in [-0.3, -0.25) is 4.21 Å². The van der Waals surface area contributed by atoms with Crippen molar-refractivity contribution in [2.75, 3.05) is 7.11 Å². The van der Waals surface area contributed by atoms with Crippen molar-refractivity contribution in [2.45, 2.75) is 35.4 Å². The molecule has 1 fully saturated rings. The topological polar surface area (TPSA) is 52.3 Å². The van der Waals surface area contributed by atoms with Crippen LogP contribution in [0.15, 0.2) is 29.2 Å². The van der Waals surface area contributed by atoms with Crippen LogP contribution in [-0.4, -0.2) is 22.6 Å². The Morgan fingerprint density at radius 3 is 2.50 bits per heavy atom. The number of rotatable bonds is 3. The van der Waals surface area contributed by atoms with Gasteiger partial charge in [0.15, 0.2) is 0 Å². The van der Waals surface area contributed by atoms with Gasteiger partial charge >= 0.3 is 0 Å². The highest BCUT2D eigenvalue weighted by molar-refractivity contribution is 7.85. The van der Waals surface area contributed by atoms with E-state index in [0.29, 0.717) is 0 Å². The quantitative estimate of drug-likeness (QED) is 0.873. The van der Waals surface area contributed by atoms with Gasteiger partial charge in [0.05, 0.1) is 17.9 Å². The summed E-state index contributed by atoms with van der Waals surface area (Å²) in [6, 6.07) is 7.68. The second-order valence-corrected chi connectivity index (χ2v) is 5.90. The van der Waals surface area contributed by atoms with Crippen LogP contribution in [0.4, 0.5) is 0 Å². The summed E-state index contributed by atoms with van der Waals surface area (Å²) in [6.45, 7) is 0. The zero-order valence-electron chi connectivity index (χ0n) is 9.39. The van der Waals surface area contributed by atoms with Gasteiger partial charge in [-0.05, 0) is 43.5 Å². The van der Waals surface area contributed by atoms with Crippen LogP contribution in [0.5, 0.6) is 5.75 Å². The van der Waals surface area contributed by atoms with E-state index < -0.39 is 10.8 Å². The van der Waals surface area contributed by atoms with Gasteiger partial charge in [-0.1, -0.05) is 0 Å². The monoisotopic (exact) mass is 239 g/mol. The van der Waals surface area contributed by atoms with Gasteiger partial charge in [-0.15, -0.1) is 0 Å². The van der Waals surface area contributed by atoms with Gasteiger partial charge in [0.25, 0.3) is 0 Å². The third kappa shape index (κ3) is 2.44. The van der Waals surface area contributed by atoms with Crippen LogP contribution in [0, 0.1) is 0 Å². The number of ether oxygens (including phenoxy) is 1. The Kier molecular flexibility index (Phi) is 3.61. The molecule has 1 aliphatic carbocycles. The first-order valence-corrected chi connectivity index (χ1v) is 6.72. The molecule has 3 unspecified atom stereocenters. The lowest BCUT2D eigenvalue weighted by Gasteiger charge is -2.10. The Bertz CT molecular complexity index is 377. The molecular weight excluding hydrogens is 222 g/mol. The number of benzene rings is 1. The molecule has 0 aliphatic heterocycles. The second kappa shape index (κ2) is 4.97. The van der Waals surface area contributed by atoms with Crippen molar-refractivity contribution in [1.29, 1.82) is 0 Å². The van der Waals surface area contributed by atoms with Crippen molar-refractivity contribution in [3.63, 3.8) is 0 Å². The van der Waals surface area contributed by atoms with Crippen molar-refractivity contribution in [3.05, 3.63) is 24.3 Å². The van der Waals surface area contributed by atoms with Crippen LogP contribution in [0.3, 0.4) is 0 Å². The fourth-order valence-electron chi connectivity index (χ4n) is 2.07. The summed E-state index contributed by atoms with van der Waals surface area (Å²) >= 11 is 0. The lowest BCUT2D eigenvalue weighted by Crippen LogP contribution is -2.18. The highest BCUT2D eigenvalue weighted by Gasteiger charge is 2.27. The Morgan fingerprint density at radius 1 is 1.31 bits per heavy atom. The van der Waals surface area contributed by atoms with Crippen LogP contribution < -0.4 is 10.5 Å². The maximum absolute atomic E-state index is 12.2. The molecule has 16 heavy (non-hydrogen) atoms. The molecule has 0 amide bonds. The molecule has 0 aromatic heterocycles. The summed E-state index contributed by atoms with van der Waals surface area (Å²) in [7, 11) is 0.702. The van der Waals surface area contributed by atoms with Gasteiger partial charge in [0.2, 0.25) is 0 Å². The normalized spacial score (nSPS) is 26.6. The maximum atomic E-state index is 12.2. The molecule has 0 radical (unpaired) electrons. The predicted molar refractivity (Wildman–Crippen MR) is 65.0 cm³/mol. The summed E-state index contributed by atoms with van der Waals surface area (Å²) in [5, 5.41) is 0.225. The fraction of sp³-hybridized carbons (Fsp3) is 0.500. The molecule has 1 aliphatic rings. The summed E-state index contributed by atoms with van der Waals surface area (Å²) in [6.07, 6.45) is 2.84. The average molecular weight is 239 g/mol. The Morgan fingerprint density at radius 2 is 2.00 bits per heavy atom. The zero-order valence-corrected chi connectivity index (χ0v) is 10.2. The lowest BCUT2D eigenvalue weighted by molar-refractivity contribution is 0.414. The Balaban J connectivity index is 2.08. The van der Waals surface area contributed by atoms with Crippen molar-refractivity contribution < 1.29 is 8.95 Å². The molecule has 1 aromatic carbocycles. The third-order valence-corrected chi connectivity index (χ3v) is 4.79. The SMILES string of the molecule is COc1ccc(S(=O)C2CCC(N)C2)cc1. The van der Waals surface area contributed by atoms with E-state index in [2.05, 4.69) is 0 Å². The predicted octanol–water partition coefficient (Wildman–Crippen LogP) is 1.68. The molecule has 0 bridgehead atoms. The van der Waals surface area contributed by atoms with Crippen molar-refractivity contribution in [2.24, 2.45) is 5.73 Å². The smallest absolute Gasteiger partial charge is 0.118 e. The van der Waals surface area contributed by atoms with E-state index >= 15 is 0 Å². The molecule has 0 heterocycles. The van der Waals surface area contributed by atoms with Gasteiger partial charge in [0.1, 0.15) is 5.75 Å². The molecule has 3 atom stereocenters. The molecule has 1 saturated carbocycles. The maximum Gasteiger partial charge on any atom is 0.118 e. The molecule has 1 aromatic rings. The lowest BCUT2D eigenvalue weighted by atomic mass is 10.3. The molecule has 88 valence electrons. The molecule has 2 rings (SSSR count). The standard InChI is InChI=1S/C12H17NO2S/c1-15-10-3-6-11(7-4-10)16(14)12-5-2-9(13)8-12/h3-4,6-7,9,12H,2,5,8,13H2,1H3. The first kappa shape index (κ1) is 11.6. The van der Waals surface area contributed by atoms with E-state index in [1.54, 1.807) is 7.11 Å². The van der Waals surface area contributed by atoms with Crippen LogP contribution >= 0.6 is 0 Å². The average Bonchev–Trinajstić information content (AvgIpc) is 2.75. The van der Waals surface area contributed by atoms with E-state index in [9.17, 15) is 4.21 Å². The van der Waals surface area contributed by atoms with Crippen LogP contribution in [-0.2, 0) is 10.8 Å². The van der Waals surface area contributed by atoms with E-state index in [0.717, 1.165) is 29.9 Å². The van der Waals surface area contributed by atoms with Crippen molar-refractivity contribution in [1.82, 2.24) is 0 Å². The number of nitrogens with two attached hydrogens (primary N) is 1. The van der Waals surface area contributed by atoms with E-state index in [-0.39, 0.29) is 11.3 Å². The van der Waals surface area contributed by atoms with Crippen LogP contribution in [0.1, 0.15) is 19.3 Å². The van der Waals surface area contributed by atoms with Gasteiger partial charge in [-0.2, -0.15) is 0 Å². The highest BCUT2D eigenvalue weighted by Crippen LogP contribution is 2.26. The fourth-order valence-corrected chi connectivity index (χ4v) is 3.63. The number of methoxy groups -OCH3 is 1. The minimum Gasteiger partial charge on any atom is -0.497 e. The summed E-state index contributed by atoms with van der Waals surface area (Å²) in [5.41, 5.74) is 5.83. The minimum absolute atomic E-state index is 0.225. The largest absolute Gasteiger partial charge is 0.497 e. The Hall–Kier alpha value is -0.870. The molecule has 3 nitrogen and oxygen atoms in total. The van der Waals surface area contributed by atoms with Crippen molar-refractivity contribution >= 4 is 10.8 Å². The molecule has 0 spiro atoms. The van der Waals surface area contributed by atoms with Gasteiger partial charge in [0, 0.05) is 16.2 Å². The molecule has 2 N–H and O–H groups in total. The van der Waals surface area contributed by atoms with E-state index in [1.165, 1.54) is 0 Å². The zero-order chi connectivity index (χ0) is 11.5.